The molecule has 0 aromatic heterocycles. The van der Waals surface area contributed by atoms with Gasteiger partial charge in [-0.2, -0.15) is 0 Å². The fourth-order valence-electron chi connectivity index (χ4n) is 4.39. The van der Waals surface area contributed by atoms with E-state index in [2.05, 4.69) is 82.9 Å². The zero-order valence-corrected chi connectivity index (χ0v) is 19.7. The molecule has 24 heavy (non-hydrogen) atoms. The van der Waals surface area contributed by atoms with E-state index < -0.39 is 17.4 Å². The summed E-state index contributed by atoms with van der Waals surface area (Å²) in [6, 6.07) is 18.2. The van der Waals surface area contributed by atoms with Gasteiger partial charge in [0.05, 0.1) is 0 Å². The first kappa shape index (κ1) is 19.9. The molecule has 0 nitrogen and oxygen atoms in total. The van der Waals surface area contributed by atoms with Crippen LogP contribution in [0.3, 0.4) is 0 Å². The zero-order chi connectivity index (χ0) is 15.4. The fraction of sp³-hybridized carbons (Fsp3) is 0.200. The van der Waals surface area contributed by atoms with Gasteiger partial charge in [-0.15, -0.1) is 24.8 Å². The van der Waals surface area contributed by atoms with Crippen LogP contribution < -0.4 is 0 Å². The first-order chi connectivity index (χ1) is 10.5. The number of hydrogen-bond donors (Lipinski definition) is 0. The molecule has 0 atom stereocenters. The summed E-state index contributed by atoms with van der Waals surface area (Å²) in [5.41, 5.74) is 6.07. The molecule has 0 unspecified atom stereocenters. The molecule has 0 saturated heterocycles. The molecule has 0 aliphatic heterocycles. The molecular weight excluding hydrogens is 430 g/mol. The minimum absolute atomic E-state index is 0. The quantitative estimate of drug-likeness (QED) is 0.505. The predicted octanol–water partition coefficient (Wildman–Crippen LogP) is 5.78. The van der Waals surface area contributed by atoms with Crippen LogP contribution in [-0.4, -0.2) is 6.88 Å². The Balaban J connectivity index is 0.00000104. The second-order valence-electron chi connectivity index (χ2n) is 7.74. The van der Waals surface area contributed by atoms with Crippen LogP contribution in [0, 0.1) is 0 Å². The zero-order valence-electron chi connectivity index (χ0n) is 14.2. The summed E-state index contributed by atoms with van der Waals surface area (Å²) in [6.07, 6.45) is 8.18. The summed E-state index contributed by atoms with van der Waals surface area (Å²) in [6.45, 7) is 2.37. The minimum atomic E-state index is -3.04. The van der Waals surface area contributed by atoms with Crippen LogP contribution in [0.1, 0.15) is 21.2 Å². The van der Waals surface area contributed by atoms with E-state index in [1.54, 1.807) is 14.4 Å². The van der Waals surface area contributed by atoms with E-state index in [0.717, 1.165) is 0 Å². The van der Waals surface area contributed by atoms with Gasteiger partial charge in [-0.05, 0) is 0 Å². The van der Waals surface area contributed by atoms with E-state index in [-0.39, 0.29) is 24.8 Å². The molecule has 2 aromatic rings. The van der Waals surface area contributed by atoms with Gasteiger partial charge >= 0.3 is 136 Å². The third kappa shape index (κ3) is 2.86. The van der Waals surface area contributed by atoms with Crippen molar-refractivity contribution in [3.63, 3.8) is 0 Å². The number of halogens is 2. The third-order valence-corrected chi connectivity index (χ3v) is 22.9. The molecule has 0 heterocycles. The van der Waals surface area contributed by atoms with Crippen molar-refractivity contribution in [2.75, 3.05) is 0 Å². The van der Waals surface area contributed by atoms with E-state index in [4.69, 9.17) is 0 Å². The first-order valence-electron chi connectivity index (χ1n) is 8.09. The average molecular weight is 455 g/mol. The van der Waals surface area contributed by atoms with E-state index in [1.807, 2.05) is 0 Å². The summed E-state index contributed by atoms with van der Waals surface area (Å²) in [7, 11) is 0. The first-order valence-corrected chi connectivity index (χ1v) is 21.6. The number of benzene rings is 2. The van der Waals surface area contributed by atoms with Crippen LogP contribution in [-0.2, 0) is 17.4 Å². The SMILES string of the molecule is Cl.Cl.[CH3][Zr]([CH3])(=[SiH2])([C]1=CC=CC1)[CH]1c2ccccc2-c2ccccc21. The molecule has 4 heteroatoms. The Labute approximate surface area is 159 Å². The van der Waals surface area contributed by atoms with Crippen molar-refractivity contribution in [3.05, 3.63) is 81.2 Å². The molecule has 2 aliphatic rings. The standard InChI is InChI=1S/C13H9.C5H5.2CH3.2ClH.H2Si.Zr/c1-3-7-12-10(5-1)9-11-6-2-4-8-13(11)12;1-2-4-5-3-1;;;;;;/h1-9H;1-3H,4H2;2*1H3;2*1H;1H2;. The van der Waals surface area contributed by atoms with Crippen molar-refractivity contribution in [2.45, 2.75) is 19.3 Å². The Hall–Kier alpha value is -0.400. The molecule has 0 radical (unpaired) electrons. The van der Waals surface area contributed by atoms with Gasteiger partial charge in [0.2, 0.25) is 0 Å². The Morgan fingerprint density at radius 2 is 1.38 bits per heavy atom. The molecule has 0 spiro atoms. The van der Waals surface area contributed by atoms with Crippen LogP contribution in [0.15, 0.2) is 70.0 Å². The van der Waals surface area contributed by atoms with Gasteiger partial charge in [0.1, 0.15) is 0 Å². The van der Waals surface area contributed by atoms with Gasteiger partial charge in [-0.1, -0.05) is 0 Å². The summed E-state index contributed by atoms with van der Waals surface area (Å²) >= 11 is -3.04. The molecule has 0 N–H and O–H groups in total. The summed E-state index contributed by atoms with van der Waals surface area (Å²) in [5, 5.41) is 0. The second-order valence-corrected chi connectivity index (χ2v) is 37.4. The van der Waals surface area contributed by atoms with Crippen molar-refractivity contribution < 1.29 is 17.4 Å². The molecule has 4 rings (SSSR count). The number of fused-ring (bicyclic) bond motifs is 3. The monoisotopic (exact) mass is 452 g/mol. The van der Waals surface area contributed by atoms with Crippen LogP contribution in [0.2, 0.25) is 9.26 Å². The van der Waals surface area contributed by atoms with Crippen molar-refractivity contribution in [1.82, 2.24) is 0 Å². The second kappa shape index (κ2) is 6.72. The Morgan fingerprint density at radius 3 is 1.83 bits per heavy atom. The van der Waals surface area contributed by atoms with E-state index in [1.165, 1.54) is 17.5 Å². The molecule has 2 aromatic carbocycles. The third-order valence-electron chi connectivity index (χ3n) is 5.59. The normalized spacial score (nSPS) is 15.9. The summed E-state index contributed by atoms with van der Waals surface area (Å²) in [4.78, 5) is 0. The Bertz CT molecular complexity index is 860. The predicted molar refractivity (Wildman–Crippen MR) is 110 cm³/mol. The Morgan fingerprint density at radius 1 is 0.875 bits per heavy atom. The molecule has 0 saturated carbocycles. The Kier molecular flexibility index (Phi) is 5.58. The van der Waals surface area contributed by atoms with Crippen molar-refractivity contribution in [3.8, 4) is 11.1 Å². The van der Waals surface area contributed by atoms with E-state index in [9.17, 15) is 0 Å². The number of hydrogen-bond acceptors (Lipinski definition) is 0. The topological polar surface area (TPSA) is 0 Å². The van der Waals surface area contributed by atoms with Crippen molar-refractivity contribution in [2.24, 2.45) is 0 Å². The molecule has 0 amide bonds. The van der Waals surface area contributed by atoms with Crippen LogP contribution in [0.4, 0.5) is 0 Å². The van der Waals surface area contributed by atoms with Crippen LogP contribution >= 0.6 is 24.8 Å². The summed E-state index contributed by atoms with van der Waals surface area (Å²) in [5.74, 6) is 0. The van der Waals surface area contributed by atoms with E-state index >= 15 is 0 Å². The van der Waals surface area contributed by atoms with Gasteiger partial charge in [0.15, 0.2) is 0 Å². The maximum atomic E-state index is 2.64. The van der Waals surface area contributed by atoms with E-state index in [0.29, 0.717) is 3.63 Å². The van der Waals surface area contributed by atoms with Gasteiger partial charge in [0.25, 0.3) is 0 Å². The average Bonchev–Trinajstić information content (AvgIpc) is 3.14. The fourth-order valence-corrected chi connectivity index (χ4v) is 19.1. The number of allylic oxidation sites excluding steroid dienone is 4. The van der Waals surface area contributed by atoms with Crippen molar-refractivity contribution >= 4 is 31.7 Å². The van der Waals surface area contributed by atoms with Crippen LogP contribution in [0.5, 0.6) is 0 Å². The maximum absolute atomic E-state index is 3.04. The molecule has 126 valence electrons. The van der Waals surface area contributed by atoms with Crippen molar-refractivity contribution in [1.29, 1.82) is 0 Å². The van der Waals surface area contributed by atoms with Gasteiger partial charge in [-0.3, -0.25) is 0 Å². The van der Waals surface area contributed by atoms with Gasteiger partial charge in [0, 0.05) is 0 Å². The molecule has 2 aliphatic carbocycles. The molecular formula is C20H24Cl2SiZr. The van der Waals surface area contributed by atoms with Gasteiger partial charge < -0.3 is 0 Å². The van der Waals surface area contributed by atoms with Gasteiger partial charge in [-0.25, -0.2) is 0 Å². The molecule has 0 fully saturated rings. The number of rotatable bonds is 2. The summed E-state index contributed by atoms with van der Waals surface area (Å²) < 4.78 is 7.65. The van der Waals surface area contributed by atoms with Crippen LogP contribution in [0.25, 0.3) is 11.1 Å². The molecule has 0 bridgehead atoms.